The molecular formula is C23H23N5. The van der Waals surface area contributed by atoms with Gasteiger partial charge in [-0.3, -0.25) is 10.00 Å². The third kappa shape index (κ3) is 3.14. The minimum absolute atomic E-state index is 0.902. The number of fused-ring (bicyclic) bond motifs is 1. The van der Waals surface area contributed by atoms with Crippen LogP contribution in [0.4, 0.5) is 0 Å². The van der Waals surface area contributed by atoms with Crippen molar-refractivity contribution in [1.82, 2.24) is 25.1 Å². The summed E-state index contributed by atoms with van der Waals surface area (Å²) in [5, 5.41) is 8.70. The summed E-state index contributed by atoms with van der Waals surface area (Å²) in [6.45, 7) is 5.01. The Hall–Kier alpha value is -3.18. The molecule has 4 heterocycles. The molecule has 0 spiro atoms. The van der Waals surface area contributed by atoms with Crippen LogP contribution in [-0.2, 0) is 6.54 Å². The van der Waals surface area contributed by atoms with E-state index in [0.717, 1.165) is 37.4 Å². The number of nitrogens with zero attached hydrogens (tertiary/aromatic N) is 3. The Morgan fingerprint density at radius 1 is 1.18 bits per heavy atom. The van der Waals surface area contributed by atoms with E-state index in [0.29, 0.717) is 0 Å². The third-order valence-corrected chi connectivity index (χ3v) is 5.51. The SMILES string of the molecule is Cc1cccc(-c2[nH]ncc2CN2CC=C(c3c[nH]c4ncccc34)CC2)c1. The number of hydrogen-bond acceptors (Lipinski definition) is 3. The molecule has 5 nitrogen and oxygen atoms in total. The molecule has 28 heavy (non-hydrogen) atoms. The lowest BCUT2D eigenvalue weighted by molar-refractivity contribution is 0.294. The molecule has 0 fully saturated rings. The summed E-state index contributed by atoms with van der Waals surface area (Å²) in [6, 6.07) is 12.7. The van der Waals surface area contributed by atoms with E-state index in [1.54, 1.807) is 0 Å². The molecule has 1 aromatic carbocycles. The average Bonchev–Trinajstić information content (AvgIpc) is 3.36. The van der Waals surface area contributed by atoms with E-state index in [1.165, 1.54) is 33.2 Å². The second-order valence-corrected chi connectivity index (χ2v) is 7.46. The maximum Gasteiger partial charge on any atom is 0.137 e. The first-order valence-corrected chi connectivity index (χ1v) is 9.71. The van der Waals surface area contributed by atoms with Crippen LogP contribution >= 0.6 is 0 Å². The Morgan fingerprint density at radius 3 is 3.00 bits per heavy atom. The molecule has 1 aliphatic rings. The van der Waals surface area contributed by atoms with Gasteiger partial charge in [-0.15, -0.1) is 0 Å². The fourth-order valence-electron chi connectivity index (χ4n) is 4.04. The minimum Gasteiger partial charge on any atom is -0.346 e. The highest BCUT2D eigenvalue weighted by Gasteiger charge is 2.18. The second-order valence-electron chi connectivity index (χ2n) is 7.46. The van der Waals surface area contributed by atoms with Crippen LogP contribution in [0.25, 0.3) is 27.9 Å². The van der Waals surface area contributed by atoms with Crippen molar-refractivity contribution in [2.75, 3.05) is 13.1 Å². The van der Waals surface area contributed by atoms with Crippen LogP contribution in [0.1, 0.15) is 23.1 Å². The molecule has 0 atom stereocenters. The summed E-state index contributed by atoms with van der Waals surface area (Å²) in [4.78, 5) is 10.2. The highest BCUT2D eigenvalue weighted by molar-refractivity contribution is 5.90. The van der Waals surface area contributed by atoms with E-state index in [4.69, 9.17) is 0 Å². The number of pyridine rings is 1. The number of aryl methyl sites for hydroxylation is 1. The van der Waals surface area contributed by atoms with Crippen molar-refractivity contribution < 1.29 is 0 Å². The lowest BCUT2D eigenvalue weighted by Gasteiger charge is -2.26. The number of aromatic nitrogens is 4. The topological polar surface area (TPSA) is 60.6 Å². The van der Waals surface area contributed by atoms with Crippen molar-refractivity contribution in [2.45, 2.75) is 19.9 Å². The monoisotopic (exact) mass is 369 g/mol. The average molecular weight is 369 g/mol. The molecule has 140 valence electrons. The van der Waals surface area contributed by atoms with Crippen molar-refractivity contribution >= 4 is 16.6 Å². The molecule has 0 saturated heterocycles. The van der Waals surface area contributed by atoms with Crippen LogP contribution in [0.3, 0.4) is 0 Å². The largest absolute Gasteiger partial charge is 0.346 e. The van der Waals surface area contributed by atoms with Crippen molar-refractivity contribution in [3.63, 3.8) is 0 Å². The van der Waals surface area contributed by atoms with Crippen LogP contribution in [-0.4, -0.2) is 38.2 Å². The molecular weight excluding hydrogens is 346 g/mol. The molecule has 0 amide bonds. The standard InChI is InChI=1S/C23H23N5/c1-16-4-2-5-18(12-16)22-19(13-26-27-22)15-28-10-7-17(8-11-28)21-14-25-23-20(21)6-3-9-24-23/h2-7,9,12-14H,8,10-11,15H2,1H3,(H,24,25)(H,26,27). The quantitative estimate of drug-likeness (QED) is 0.555. The molecule has 0 unspecified atom stereocenters. The van der Waals surface area contributed by atoms with Crippen molar-refractivity contribution in [2.24, 2.45) is 0 Å². The molecule has 0 aliphatic carbocycles. The molecule has 5 rings (SSSR count). The number of H-pyrrole nitrogens is 2. The van der Waals surface area contributed by atoms with Gasteiger partial charge in [-0.2, -0.15) is 5.10 Å². The zero-order valence-electron chi connectivity index (χ0n) is 15.9. The smallest absolute Gasteiger partial charge is 0.137 e. The molecule has 0 saturated carbocycles. The number of rotatable bonds is 4. The summed E-state index contributed by atoms with van der Waals surface area (Å²) in [5.74, 6) is 0. The summed E-state index contributed by atoms with van der Waals surface area (Å²) in [7, 11) is 0. The van der Waals surface area contributed by atoms with Crippen molar-refractivity contribution in [3.05, 3.63) is 77.8 Å². The van der Waals surface area contributed by atoms with Gasteiger partial charge in [0.05, 0.1) is 11.9 Å². The Kier molecular flexibility index (Phi) is 4.29. The van der Waals surface area contributed by atoms with Gasteiger partial charge in [0.1, 0.15) is 5.65 Å². The minimum atomic E-state index is 0.902. The van der Waals surface area contributed by atoms with Crippen LogP contribution in [0.2, 0.25) is 0 Å². The lowest BCUT2D eigenvalue weighted by Crippen LogP contribution is -2.28. The van der Waals surface area contributed by atoms with Crippen LogP contribution < -0.4 is 0 Å². The molecule has 4 aromatic rings. The molecule has 3 aromatic heterocycles. The normalized spacial score (nSPS) is 15.1. The van der Waals surface area contributed by atoms with Gasteiger partial charge < -0.3 is 4.98 Å². The number of benzene rings is 1. The maximum atomic E-state index is 4.40. The fourth-order valence-corrected chi connectivity index (χ4v) is 4.04. The second kappa shape index (κ2) is 7.09. The van der Waals surface area contributed by atoms with Crippen LogP contribution in [0, 0.1) is 6.92 Å². The predicted octanol–water partition coefficient (Wildman–Crippen LogP) is 4.55. The van der Waals surface area contributed by atoms with E-state index in [1.807, 2.05) is 18.5 Å². The van der Waals surface area contributed by atoms with E-state index >= 15 is 0 Å². The van der Waals surface area contributed by atoms with Crippen molar-refractivity contribution in [3.8, 4) is 11.3 Å². The fraction of sp³-hybridized carbons (Fsp3) is 0.217. The van der Waals surface area contributed by atoms with Gasteiger partial charge in [-0.05, 0) is 37.1 Å². The molecule has 2 N–H and O–H groups in total. The summed E-state index contributed by atoms with van der Waals surface area (Å²) in [5.41, 5.74) is 8.49. The van der Waals surface area contributed by atoms with Gasteiger partial charge in [0.15, 0.2) is 0 Å². The Labute approximate surface area is 164 Å². The van der Waals surface area contributed by atoms with Crippen LogP contribution in [0.15, 0.2) is 61.1 Å². The molecule has 0 radical (unpaired) electrons. The zero-order valence-corrected chi connectivity index (χ0v) is 15.9. The number of nitrogens with one attached hydrogen (secondary N) is 2. The Morgan fingerprint density at radius 2 is 2.14 bits per heavy atom. The molecule has 5 heteroatoms. The van der Waals surface area contributed by atoms with Gasteiger partial charge in [-0.1, -0.05) is 29.8 Å². The van der Waals surface area contributed by atoms with E-state index in [2.05, 4.69) is 74.6 Å². The lowest BCUT2D eigenvalue weighted by atomic mass is 9.99. The summed E-state index contributed by atoms with van der Waals surface area (Å²) >= 11 is 0. The third-order valence-electron chi connectivity index (χ3n) is 5.51. The van der Waals surface area contributed by atoms with E-state index in [9.17, 15) is 0 Å². The van der Waals surface area contributed by atoms with Crippen molar-refractivity contribution in [1.29, 1.82) is 0 Å². The van der Waals surface area contributed by atoms with Crippen LogP contribution in [0.5, 0.6) is 0 Å². The highest BCUT2D eigenvalue weighted by atomic mass is 15.1. The van der Waals surface area contributed by atoms with Gasteiger partial charge in [0, 0.05) is 54.1 Å². The Bertz CT molecular complexity index is 1150. The summed E-state index contributed by atoms with van der Waals surface area (Å²) < 4.78 is 0. The van der Waals surface area contributed by atoms with E-state index < -0.39 is 0 Å². The first kappa shape index (κ1) is 17.0. The van der Waals surface area contributed by atoms with Gasteiger partial charge in [0.25, 0.3) is 0 Å². The maximum absolute atomic E-state index is 4.40. The predicted molar refractivity (Wildman–Crippen MR) is 113 cm³/mol. The highest BCUT2D eigenvalue weighted by Crippen LogP contribution is 2.29. The molecule has 1 aliphatic heterocycles. The van der Waals surface area contributed by atoms with Gasteiger partial charge in [-0.25, -0.2) is 4.98 Å². The molecule has 0 bridgehead atoms. The first-order chi connectivity index (χ1) is 13.8. The summed E-state index contributed by atoms with van der Waals surface area (Å²) in [6.07, 6.45) is 9.27. The van der Waals surface area contributed by atoms with Gasteiger partial charge >= 0.3 is 0 Å². The number of aromatic amines is 2. The number of hydrogen-bond donors (Lipinski definition) is 2. The zero-order chi connectivity index (χ0) is 18.9. The Balaban J connectivity index is 1.34. The van der Waals surface area contributed by atoms with E-state index in [-0.39, 0.29) is 0 Å². The first-order valence-electron chi connectivity index (χ1n) is 9.71. The van der Waals surface area contributed by atoms with Gasteiger partial charge in [0.2, 0.25) is 0 Å².